The Hall–Kier alpha value is -1.39. The first-order valence-corrected chi connectivity index (χ1v) is 7.59. The zero-order valence-corrected chi connectivity index (χ0v) is 13.4. The molecule has 0 saturated heterocycles. The summed E-state index contributed by atoms with van der Waals surface area (Å²) >= 11 is 3.25. The summed E-state index contributed by atoms with van der Waals surface area (Å²) in [5.41, 5.74) is 2.13. The van der Waals surface area contributed by atoms with E-state index in [0.29, 0.717) is 10.0 Å². The van der Waals surface area contributed by atoms with E-state index in [4.69, 9.17) is 4.74 Å². The molecule has 1 N–H and O–H groups in total. The second-order valence-electron chi connectivity index (χ2n) is 6.01. The second kappa shape index (κ2) is 5.11. The van der Waals surface area contributed by atoms with Gasteiger partial charge in [-0.05, 0) is 60.9 Å². The van der Waals surface area contributed by atoms with Gasteiger partial charge in [0, 0.05) is 10.9 Å². The van der Waals surface area contributed by atoms with Crippen molar-refractivity contribution < 1.29 is 14.2 Å². The maximum Gasteiger partial charge on any atom is 0.124 e. The predicted molar refractivity (Wildman–Crippen MR) is 83.0 cm³/mol. The van der Waals surface area contributed by atoms with Crippen LogP contribution in [0.4, 0.5) is 4.39 Å². The summed E-state index contributed by atoms with van der Waals surface area (Å²) < 4.78 is 19.9. The molecule has 2 nitrogen and oxygen atoms in total. The summed E-state index contributed by atoms with van der Waals surface area (Å²) in [4.78, 5) is 0. The van der Waals surface area contributed by atoms with Gasteiger partial charge in [-0.15, -0.1) is 0 Å². The van der Waals surface area contributed by atoms with Crippen molar-refractivity contribution in [1.29, 1.82) is 0 Å². The molecule has 1 aliphatic rings. The van der Waals surface area contributed by atoms with Crippen molar-refractivity contribution in [2.24, 2.45) is 0 Å². The van der Waals surface area contributed by atoms with Gasteiger partial charge in [0.1, 0.15) is 23.3 Å². The number of aliphatic hydroxyl groups excluding tert-OH is 1. The monoisotopic (exact) mass is 350 g/mol. The van der Waals surface area contributed by atoms with Crippen molar-refractivity contribution in [3.63, 3.8) is 0 Å². The molecule has 3 rings (SSSR count). The molecule has 4 heteroatoms. The van der Waals surface area contributed by atoms with Gasteiger partial charge in [-0.25, -0.2) is 4.39 Å². The molecule has 0 bridgehead atoms. The van der Waals surface area contributed by atoms with Gasteiger partial charge in [0.15, 0.2) is 0 Å². The largest absolute Gasteiger partial charge is 0.487 e. The Morgan fingerprint density at radius 2 is 1.95 bits per heavy atom. The topological polar surface area (TPSA) is 29.5 Å². The molecule has 1 heterocycles. The summed E-state index contributed by atoms with van der Waals surface area (Å²) in [6.07, 6.45) is -0.0542. The molecule has 0 radical (unpaired) electrons. The Morgan fingerprint density at radius 3 is 2.67 bits per heavy atom. The number of hydrogen-bond acceptors (Lipinski definition) is 2. The first kappa shape index (κ1) is 14.5. The van der Waals surface area contributed by atoms with Crippen LogP contribution in [0.15, 0.2) is 40.9 Å². The molecular weight excluding hydrogens is 335 g/mol. The van der Waals surface area contributed by atoms with E-state index in [1.54, 1.807) is 6.07 Å². The van der Waals surface area contributed by atoms with Crippen LogP contribution in [0, 0.1) is 5.82 Å². The molecule has 2 aromatic carbocycles. The van der Waals surface area contributed by atoms with Gasteiger partial charge in [0.2, 0.25) is 0 Å². The standard InChI is InChI=1S/C17H16BrFO2/c1-17(2)9-12-5-10(3-4-15(12)21-17)16(20)11-6-13(18)8-14(19)7-11/h3-8,16,20H,9H2,1-2H3. The molecule has 2 aromatic rings. The van der Waals surface area contributed by atoms with Gasteiger partial charge in [-0.3, -0.25) is 0 Å². The fourth-order valence-electron chi connectivity index (χ4n) is 2.73. The van der Waals surface area contributed by atoms with Crippen molar-refractivity contribution >= 4 is 15.9 Å². The predicted octanol–water partition coefficient (Wildman–Crippen LogP) is 4.38. The van der Waals surface area contributed by atoms with E-state index >= 15 is 0 Å². The first-order chi connectivity index (χ1) is 9.84. The van der Waals surface area contributed by atoms with Crippen LogP contribution in [0.3, 0.4) is 0 Å². The van der Waals surface area contributed by atoms with Crippen molar-refractivity contribution in [3.8, 4) is 5.75 Å². The molecule has 1 aliphatic heterocycles. The van der Waals surface area contributed by atoms with Crippen LogP contribution in [0.1, 0.15) is 36.6 Å². The Bertz CT molecular complexity index is 677. The number of benzene rings is 2. The molecule has 1 atom stereocenters. The number of rotatable bonds is 2. The van der Waals surface area contributed by atoms with Crippen LogP contribution in [0.5, 0.6) is 5.75 Å². The smallest absolute Gasteiger partial charge is 0.124 e. The zero-order chi connectivity index (χ0) is 15.2. The van der Waals surface area contributed by atoms with Gasteiger partial charge in [0.05, 0.1) is 0 Å². The third kappa shape index (κ3) is 2.97. The molecule has 0 spiro atoms. The number of halogens is 2. The van der Waals surface area contributed by atoms with Crippen LogP contribution in [-0.4, -0.2) is 10.7 Å². The highest BCUT2D eigenvalue weighted by atomic mass is 79.9. The maximum atomic E-state index is 13.5. The maximum absolute atomic E-state index is 13.5. The van der Waals surface area contributed by atoms with E-state index < -0.39 is 6.10 Å². The summed E-state index contributed by atoms with van der Waals surface area (Å²) in [5, 5.41) is 10.5. The molecule has 0 aromatic heterocycles. The molecule has 0 amide bonds. The molecule has 0 saturated carbocycles. The third-order valence-electron chi connectivity index (χ3n) is 3.60. The number of ether oxygens (including phenoxy) is 1. The SMILES string of the molecule is CC1(C)Cc2cc(C(O)c3cc(F)cc(Br)c3)ccc2O1. The lowest BCUT2D eigenvalue weighted by molar-refractivity contribution is 0.138. The van der Waals surface area contributed by atoms with E-state index in [0.717, 1.165) is 23.3 Å². The van der Waals surface area contributed by atoms with Crippen molar-refractivity contribution in [3.05, 3.63) is 63.4 Å². The van der Waals surface area contributed by atoms with Gasteiger partial charge >= 0.3 is 0 Å². The van der Waals surface area contributed by atoms with Gasteiger partial charge in [0.25, 0.3) is 0 Å². The summed E-state index contributed by atoms with van der Waals surface area (Å²) in [7, 11) is 0. The summed E-state index contributed by atoms with van der Waals surface area (Å²) in [6.45, 7) is 4.07. The fraction of sp³-hybridized carbons (Fsp3) is 0.294. The Labute approximate surface area is 131 Å². The molecule has 21 heavy (non-hydrogen) atoms. The van der Waals surface area contributed by atoms with Crippen molar-refractivity contribution in [1.82, 2.24) is 0 Å². The summed E-state index contributed by atoms with van der Waals surface area (Å²) in [5.74, 6) is 0.487. The van der Waals surface area contributed by atoms with Gasteiger partial charge in [-0.2, -0.15) is 0 Å². The lowest BCUT2D eigenvalue weighted by Gasteiger charge is -2.16. The Kier molecular flexibility index (Phi) is 3.54. The highest BCUT2D eigenvalue weighted by Gasteiger charge is 2.30. The van der Waals surface area contributed by atoms with E-state index in [1.165, 1.54) is 12.1 Å². The van der Waals surface area contributed by atoms with E-state index in [9.17, 15) is 9.50 Å². The van der Waals surface area contributed by atoms with Crippen molar-refractivity contribution in [2.45, 2.75) is 32.0 Å². The number of aliphatic hydroxyl groups is 1. The number of hydrogen-bond donors (Lipinski definition) is 1. The molecule has 1 unspecified atom stereocenters. The van der Waals surface area contributed by atoms with E-state index in [1.807, 2.05) is 32.0 Å². The van der Waals surface area contributed by atoms with Crippen LogP contribution < -0.4 is 4.74 Å². The molecule has 0 fully saturated rings. The average molecular weight is 351 g/mol. The quantitative estimate of drug-likeness (QED) is 0.870. The molecule has 0 aliphatic carbocycles. The van der Waals surface area contributed by atoms with E-state index in [-0.39, 0.29) is 11.4 Å². The Balaban J connectivity index is 1.95. The van der Waals surface area contributed by atoms with Crippen LogP contribution in [-0.2, 0) is 6.42 Å². The lowest BCUT2D eigenvalue weighted by atomic mass is 9.96. The van der Waals surface area contributed by atoms with Crippen LogP contribution in [0.25, 0.3) is 0 Å². The normalized spacial score (nSPS) is 17.2. The first-order valence-electron chi connectivity index (χ1n) is 6.80. The van der Waals surface area contributed by atoms with Gasteiger partial charge in [-0.1, -0.05) is 22.0 Å². The highest BCUT2D eigenvalue weighted by Crippen LogP contribution is 2.37. The minimum atomic E-state index is -0.856. The molecular formula is C17H16BrFO2. The fourth-order valence-corrected chi connectivity index (χ4v) is 3.21. The second-order valence-corrected chi connectivity index (χ2v) is 6.93. The van der Waals surface area contributed by atoms with Crippen LogP contribution >= 0.6 is 15.9 Å². The zero-order valence-electron chi connectivity index (χ0n) is 11.9. The minimum absolute atomic E-state index is 0.214. The van der Waals surface area contributed by atoms with E-state index in [2.05, 4.69) is 15.9 Å². The lowest BCUT2D eigenvalue weighted by Crippen LogP contribution is -2.24. The minimum Gasteiger partial charge on any atom is -0.487 e. The van der Waals surface area contributed by atoms with Crippen LogP contribution in [0.2, 0.25) is 0 Å². The Morgan fingerprint density at radius 1 is 1.19 bits per heavy atom. The average Bonchev–Trinajstić information content (AvgIpc) is 2.69. The highest BCUT2D eigenvalue weighted by molar-refractivity contribution is 9.10. The van der Waals surface area contributed by atoms with Crippen molar-refractivity contribution in [2.75, 3.05) is 0 Å². The van der Waals surface area contributed by atoms with Gasteiger partial charge < -0.3 is 9.84 Å². The molecule has 110 valence electrons. The number of fused-ring (bicyclic) bond motifs is 1. The third-order valence-corrected chi connectivity index (χ3v) is 4.06. The summed E-state index contributed by atoms with van der Waals surface area (Å²) in [6, 6.07) is 10.1.